The third kappa shape index (κ3) is 1.12. The quantitative estimate of drug-likeness (QED) is 0.224. The molecule has 0 atom stereocenters. The summed E-state index contributed by atoms with van der Waals surface area (Å²) in [4.78, 5) is 0. The number of pyridine rings is 1. The zero-order chi connectivity index (χ0) is 14.3. The highest BCUT2D eigenvalue weighted by molar-refractivity contribution is 6.18. The molecule has 5 aromatic rings. The van der Waals surface area contributed by atoms with Gasteiger partial charge in [-0.1, -0.05) is 36.4 Å². The lowest BCUT2D eigenvalue weighted by atomic mass is 10.0. The van der Waals surface area contributed by atoms with E-state index in [1.165, 1.54) is 43.5 Å². The van der Waals surface area contributed by atoms with E-state index in [1.54, 1.807) is 0 Å². The fourth-order valence-electron chi connectivity index (χ4n) is 4.07. The van der Waals surface area contributed by atoms with Crippen LogP contribution in [0.3, 0.4) is 0 Å². The minimum Gasteiger partial charge on any atom is -0.284 e. The highest BCUT2D eigenvalue weighted by atomic mass is 15.2. The second kappa shape index (κ2) is 3.47. The van der Waals surface area contributed by atoms with Crippen LogP contribution in [0.25, 0.3) is 43.5 Å². The van der Waals surface area contributed by atoms with E-state index < -0.39 is 0 Å². The molecule has 3 heterocycles. The molecule has 2 nitrogen and oxygen atoms in total. The molecule has 0 unspecified atom stereocenters. The molecule has 0 spiro atoms. The second-order valence-electron chi connectivity index (χ2n) is 6.16. The summed E-state index contributed by atoms with van der Waals surface area (Å²) < 4.78 is 4.83. The predicted molar refractivity (Wildman–Crippen MR) is 90.0 cm³/mol. The molecule has 0 amide bonds. The van der Waals surface area contributed by atoms with E-state index in [-0.39, 0.29) is 0 Å². The number of hydrogen-bond donors (Lipinski definition) is 0. The Kier molecular flexibility index (Phi) is 1.71. The molecule has 3 aromatic carbocycles. The zero-order valence-corrected chi connectivity index (χ0v) is 12.0. The topological polar surface area (TPSA) is 8.81 Å². The Morgan fingerprint density at radius 3 is 2.55 bits per heavy atom. The first-order valence-corrected chi connectivity index (χ1v) is 7.66. The number of hydrogen-bond acceptors (Lipinski definition) is 0. The van der Waals surface area contributed by atoms with Crippen molar-refractivity contribution in [2.45, 2.75) is 6.67 Å². The van der Waals surface area contributed by atoms with Gasteiger partial charge < -0.3 is 0 Å². The van der Waals surface area contributed by atoms with Crippen molar-refractivity contribution in [2.24, 2.45) is 0 Å². The molecule has 0 aliphatic carbocycles. The van der Waals surface area contributed by atoms with Gasteiger partial charge in [0.2, 0.25) is 12.2 Å². The van der Waals surface area contributed by atoms with Crippen LogP contribution in [0.4, 0.5) is 0 Å². The third-order valence-corrected chi connectivity index (χ3v) is 5.02. The maximum atomic E-state index is 2.46. The molecule has 0 saturated heterocycles. The molecule has 2 heteroatoms. The zero-order valence-electron chi connectivity index (χ0n) is 12.0. The van der Waals surface area contributed by atoms with Gasteiger partial charge in [0.1, 0.15) is 0 Å². The Morgan fingerprint density at radius 2 is 1.59 bits per heavy atom. The van der Waals surface area contributed by atoms with Crippen LogP contribution in [0.15, 0.2) is 66.9 Å². The molecule has 102 valence electrons. The van der Waals surface area contributed by atoms with Gasteiger partial charge in [-0.05, 0) is 34.4 Å². The van der Waals surface area contributed by atoms with Crippen LogP contribution in [0, 0.1) is 0 Å². The first-order valence-electron chi connectivity index (χ1n) is 7.66. The molecule has 0 saturated carbocycles. The largest absolute Gasteiger partial charge is 0.284 e. The third-order valence-electron chi connectivity index (χ3n) is 5.02. The average Bonchev–Trinajstić information content (AvgIpc) is 2.99. The van der Waals surface area contributed by atoms with Crippen molar-refractivity contribution in [1.29, 1.82) is 0 Å². The first-order chi connectivity index (χ1) is 10.9. The van der Waals surface area contributed by atoms with Crippen molar-refractivity contribution in [3.05, 3.63) is 66.9 Å². The van der Waals surface area contributed by atoms with E-state index in [0.717, 1.165) is 6.67 Å². The van der Waals surface area contributed by atoms with E-state index in [0.29, 0.717) is 0 Å². The SMILES string of the molecule is c1ccc2c(c1)cc1ccc3ccc4cc[n+]5c4c3c1n2C5. The summed E-state index contributed by atoms with van der Waals surface area (Å²) in [5, 5.41) is 6.67. The fourth-order valence-corrected chi connectivity index (χ4v) is 4.07. The van der Waals surface area contributed by atoms with Crippen LogP contribution >= 0.6 is 0 Å². The molecular weight excluding hydrogens is 268 g/mol. The Labute approximate surface area is 126 Å². The van der Waals surface area contributed by atoms with Crippen molar-refractivity contribution < 1.29 is 4.57 Å². The van der Waals surface area contributed by atoms with Gasteiger partial charge in [-0.15, -0.1) is 0 Å². The number of nitrogens with zero attached hydrogens (tertiary/aromatic N) is 2. The Bertz CT molecular complexity index is 1240. The normalized spacial score (nSPS) is 13.3. The van der Waals surface area contributed by atoms with Crippen LogP contribution < -0.4 is 4.57 Å². The molecule has 0 fully saturated rings. The van der Waals surface area contributed by atoms with Gasteiger partial charge in [0.05, 0.1) is 21.8 Å². The van der Waals surface area contributed by atoms with Gasteiger partial charge in [-0.3, -0.25) is 4.57 Å². The maximum absolute atomic E-state index is 2.46. The summed E-state index contributed by atoms with van der Waals surface area (Å²) in [7, 11) is 0. The number of benzene rings is 3. The molecule has 0 radical (unpaired) electrons. The summed E-state index contributed by atoms with van der Waals surface area (Å²) in [6.07, 6.45) is 2.21. The van der Waals surface area contributed by atoms with Crippen LogP contribution in [-0.4, -0.2) is 4.57 Å². The van der Waals surface area contributed by atoms with Gasteiger partial charge in [0.15, 0.2) is 6.20 Å². The monoisotopic (exact) mass is 281 g/mol. The first kappa shape index (κ1) is 10.8. The highest BCUT2D eigenvalue weighted by Gasteiger charge is 2.24. The van der Waals surface area contributed by atoms with E-state index in [9.17, 15) is 0 Å². The predicted octanol–water partition coefficient (Wildman–Crippen LogP) is 4.21. The fraction of sp³-hybridized carbons (Fsp3) is 0.0500. The molecule has 2 aromatic heterocycles. The maximum Gasteiger partial charge on any atom is 0.228 e. The Balaban J connectivity index is 2.04. The van der Waals surface area contributed by atoms with Crippen molar-refractivity contribution in [3.8, 4) is 0 Å². The van der Waals surface area contributed by atoms with Crippen molar-refractivity contribution >= 4 is 43.5 Å². The molecular formula is C20H13N2+. The summed E-state index contributed by atoms with van der Waals surface area (Å²) >= 11 is 0. The number of para-hydroxylation sites is 1. The lowest BCUT2D eigenvalue weighted by Gasteiger charge is -2.18. The lowest BCUT2D eigenvalue weighted by Crippen LogP contribution is -2.38. The Morgan fingerprint density at radius 1 is 0.773 bits per heavy atom. The minimum atomic E-state index is 0.886. The van der Waals surface area contributed by atoms with E-state index in [2.05, 4.69) is 76.0 Å². The van der Waals surface area contributed by atoms with Crippen LogP contribution in [0.5, 0.6) is 0 Å². The molecule has 22 heavy (non-hydrogen) atoms. The molecule has 1 aliphatic rings. The van der Waals surface area contributed by atoms with Crippen LogP contribution in [0.2, 0.25) is 0 Å². The van der Waals surface area contributed by atoms with Crippen LogP contribution in [0.1, 0.15) is 0 Å². The van der Waals surface area contributed by atoms with Gasteiger partial charge in [-0.2, -0.15) is 4.57 Å². The summed E-state index contributed by atoms with van der Waals surface area (Å²) in [6.45, 7) is 0.886. The molecule has 1 aliphatic heterocycles. The van der Waals surface area contributed by atoms with Gasteiger partial charge >= 0.3 is 0 Å². The van der Waals surface area contributed by atoms with Gasteiger partial charge in [0.25, 0.3) is 0 Å². The highest BCUT2D eigenvalue weighted by Crippen LogP contribution is 2.35. The van der Waals surface area contributed by atoms with Gasteiger partial charge in [0, 0.05) is 6.07 Å². The average molecular weight is 281 g/mol. The van der Waals surface area contributed by atoms with E-state index in [4.69, 9.17) is 0 Å². The van der Waals surface area contributed by atoms with Crippen LogP contribution in [-0.2, 0) is 6.67 Å². The second-order valence-corrected chi connectivity index (χ2v) is 6.16. The summed E-state index contributed by atoms with van der Waals surface area (Å²) in [5.74, 6) is 0. The number of rotatable bonds is 0. The number of aromatic nitrogens is 2. The Hall–Kier alpha value is -2.87. The standard InChI is InChI=1S/C20H13N2/c1-2-4-17-15(3-1)11-16-8-6-13-5-7-14-9-10-21-12-22(17)20(16)18(13)19(14)21/h1-11H,12H2/q+1. The summed E-state index contributed by atoms with van der Waals surface area (Å²) in [5.41, 5.74) is 4.05. The smallest absolute Gasteiger partial charge is 0.228 e. The van der Waals surface area contributed by atoms with Gasteiger partial charge in [-0.25, -0.2) is 0 Å². The summed E-state index contributed by atoms with van der Waals surface area (Å²) in [6, 6.07) is 22.2. The molecule has 0 N–H and O–H groups in total. The molecule has 0 bridgehead atoms. The van der Waals surface area contributed by atoms with Crippen molar-refractivity contribution in [1.82, 2.24) is 4.57 Å². The molecule has 6 rings (SSSR count). The van der Waals surface area contributed by atoms with Crippen molar-refractivity contribution in [3.63, 3.8) is 0 Å². The van der Waals surface area contributed by atoms with E-state index in [1.807, 2.05) is 0 Å². The lowest BCUT2D eigenvalue weighted by molar-refractivity contribution is -0.673. The van der Waals surface area contributed by atoms with E-state index >= 15 is 0 Å². The van der Waals surface area contributed by atoms with Crippen molar-refractivity contribution in [2.75, 3.05) is 0 Å². The minimum absolute atomic E-state index is 0.886. The number of fused-ring (bicyclic) bond motifs is 2.